The molecule has 0 saturated carbocycles. The molecule has 1 aromatic heterocycles. The molecule has 1 aromatic carbocycles. The maximum Gasteiger partial charge on any atom is 0.227 e. The van der Waals surface area contributed by atoms with Gasteiger partial charge in [0.1, 0.15) is 5.83 Å². The summed E-state index contributed by atoms with van der Waals surface area (Å²) in [5, 5.41) is 4.01. The number of nitrogens with two attached hydrogens (primary N) is 1. The van der Waals surface area contributed by atoms with Crippen molar-refractivity contribution in [3.8, 4) is 11.3 Å². The van der Waals surface area contributed by atoms with Crippen molar-refractivity contribution in [2.24, 2.45) is 5.10 Å². The van der Waals surface area contributed by atoms with Crippen LogP contribution in [0, 0.1) is 0 Å². The van der Waals surface area contributed by atoms with Gasteiger partial charge < -0.3 is 20.4 Å². The number of amides is 1. The predicted molar refractivity (Wildman–Crippen MR) is 136 cm³/mol. The van der Waals surface area contributed by atoms with Crippen LogP contribution >= 0.6 is 0 Å². The van der Waals surface area contributed by atoms with Crippen molar-refractivity contribution in [3.05, 3.63) is 71.7 Å². The Kier molecular flexibility index (Phi) is 7.69. The van der Waals surface area contributed by atoms with Gasteiger partial charge in [-0.3, -0.25) is 4.79 Å². The SMILES string of the molecule is CN1CCN(c2ccc(-c3cnc(N)c(/C(=N/NC=O)N(C)C4=CC=CCC(F)=C4F)n3)cc2)CC1. The molecule has 2 aliphatic rings. The molecule has 4 rings (SSSR count). The molecule has 11 heteroatoms. The van der Waals surface area contributed by atoms with Gasteiger partial charge in [-0.2, -0.15) is 5.10 Å². The summed E-state index contributed by atoms with van der Waals surface area (Å²) < 4.78 is 28.9. The molecule has 1 amide bonds. The number of carbonyl (C=O) groups excluding carboxylic acids is 1. The fourth-order valence-electron chi connectivity index (χ4n) is 3.99. The predicted octanol–water partition coefficient (Wildman–Crippen LogP) is 2.81. The van der Waals surface area contributed by atoms with E-state index in [-0.39, 0.29) is 29.5 Å². The molecule has 2 heterocycles. The topological polar surface area (TPSA) is 103 Å². The number of nitrogens with one attached hydrogen (secondary N) is 1. The number of anilines is 2. The zero-order chi connectivity index (χ0) is 25.7. The standard InChI is InChI=1S/C25H28F2N8O/c1-33-11-13-35(14-12-33)18-9-7-17(8-10-18)20-15-29-24(28)23(31-20)25(32-30-16-36)34(2)21-6-4-3-5-19(26)22(21)27/h3-4,6-10,15-16H,5,11-14H2,1-2H3,(H2,28,29)(H,30,36)/b32-25-. The molecule has 36 heavy (non-hydrogen) atoms. The Morgan fingerprint density at radius 3 is 2.61 bits per heavy atom. The van der Waals surface area contributed by atoms with Gasteiger partial charge in [0.15, 0.2) is 23.2 Å². The average molecular weight is 495 g/mol. The number of rotatable bonds is 6. The van der Waals surface area contributed by atoms with Gasteiger partial charge in [-0.1, -0.05) is 24.3 Å². The second kappa shape index (κ2) is 11.1. The summed E-state index contributed by atoms with van der Waals surface area (Å²) in [4.78, 5) is 25.7. The number of allylic oxidation sites excluding steroid dienone is 5. The van der Waals surface area contributed by atoms with Gasteiger partial charge in [-0.25, -0.2) is 24.2 Å². The number of likely N-dealkylation sites (N-methyl/N-ethyl adjacent to an activating group) is 2. The molecule has 1 saturated heterocycles. The van der Waals surface area contributed by atoms with Gasteiger partial charge in [0.05, 0.1) is 17.6 Å². The van der Waals surface area contributed by atoms with Crippen LogP contribution in [0.15, 0.2) is 71.1 Å². The van der Waals surface area contributed by atoms with Crippen LogP contribution in [0.5, 0.6) is 0 Å². The summed E-state index contributed by atoms with van der Waals surface area (Å²) in [7, 11) is 3.59. The third-order valence-corrected chi connectivity index (χ3v) is 6.10. The molecule has 1 aliphatic heterocycles. The molecule has 0 bridgehead atoms. The first kappa shape index (κ1) is 25.0. The number of benzene rings is 1. The van der Waals surface area contributed by atoms with Gasteiger partial charge in [0.25, 0.3) is 0 Å². The molecule has 1 aliphatic carbocycles. The van der Waals surface area contributed by atoms with Gasteiger partial charge in [-0.05, 0) is 25.3 Å². The number of hydrazone groups is 1. The summed E-state index contributed by atoms with van der Waals surface area (Å²) >= 11 is 0. The lowest BCUT2D eigenvalue weighted by Gasteiger charge is -2.34. The van der Waals surface area contributed by atoms with Crippen LogP contribution in [0.4, 0.5) is 20.3 Å². The second-order valence-electron chi connectivity index (χ2n) is 8.47. The number of halogens is 2. The third kappa shape index (κ3) is 5.41. The minimum absolute atomic E-state index is 0.00694. The summed E-state index contributed by atoms with van der Waals surface area (Å²) in [6.45, 7) is 3.91. The minimum atomic E-state index is -1.04. The molecule has 2 aromatic rings. The van der Waals surface area contributed by atoms with Crippen molar-refractivity contribution in [1.82, 2.24) is 25.2 Å². The quantitative estimate of drug-likeness (QED) is 0.276. The molecule has 9 nitrogen and oxygen atoms in total. The van der Waals surface area contributed by atoms with Crippen LogP contribution in [0.2, 0.25) is 0 Å². The molecule has 3 N–H and O–H groups in total. The third-order valence-electron chi connectivity index (χ3n) is 6.10. The number of carbonyl (C=O) groups is 1. The van der Waals surface area contributed by atoms with Crippen molar-refractivity contribution in [1.29, 1.82) is 0 Å². The highest BCUT2D eigenvalue weighted by Crippen LogP contribution is 2.28. The Hall–Kier alpha value is -4.12. The van der Waals surface area contributed by atoms with E-state index in [4.69, 9.17) is 5.73 Å². The lowest BCUT2D eigenvalue weighted by Crippen LogP contribution is -2.44. The van der Waals surface area contributed by atoms with Gasteiger partial charge >= 0.3 is 0 Å². The maximum atomic E-state index is 14.7. The fourth-order valence-corrected chi connectivity index (χ4v) is 3.99. The van der Waals surface area contributed by atoms with Gasteiger partial charge in [-0.15, -0.1) is 0 Å². The highest BCUT2D eigenvalue weighted by molar-refractivity contribution is 6.02. The van der Waals surface area contributed by atoms with Crippen molar-refractivity contribution < 1.29 is 13.6 Å². The van der Waals surface area contributed by atoms with E-state index < -0.39 is 11.7 Å². The lowest BCUT2D eigenvalue weighted by atomic mass is 10.1. The highest BCUT2D eigenvalue weighted by atomic mass is 19.2. The van der Waals surface area contributed by atoms with E-state index in [0.29, 0.717) is 12.1 Å². The number of nitrogens with zero attached hydrogens (tertiary/aromatic N) is 6. The number of hydrogen-bond donors (Lipinski definition) is 2. The van der Waals surface area contributed by atoms with E-state index in [1.807, 2.05) is 24.3 Å². The van der Waals surface area contributed by atoms with Crippen LogP contribution in [0.25, 0.3) is 11.3 Å². The zero-order valence-electron chi connectivity index (χ0n) is 20.2. The Bertz CT molecular complexity index is 1230. The molecular weight excluding hydrogens is 466 g/mol. The first-order valence-corrected chi connectivity index (χ1v) is 11.5. The molecule has 0 spiro atoms. The average Bonchev–Trinajstić information content (AvgIpc) is 3.06. The van der Waals surface area contributed by atoms with Crippen molar-refractivity contribution in [3.63, 3.8) is 0 Å². The van der Waals surface area contributed by atoms with Crippen molar-refractivity contribution in [2.45, 2.75) is 6.42 Å². The Morgan fingerprint density at radius 2 is 1.92 bits per heavy atom. The Labute approximate surface area is 208 Å². The summed E-state index contributed by atoms with van der Waals surface area (Å²) in [5.74, 6) is -1.95. The smallest absolute Gasteiger partial charge is 0.227 e. The van der Waals surface area contributed by atoms with Crippen LogP contribution in [-0.2, 0) is 4.79 Å². The lowest BCUT2D eigenvalue weighted by molar-refractivity contribution is -0.109. The number of amidine groups is 1. The molecular formula is C25H28F2N8O. The van der Waals surface area contributed by atoms with Crippen LogP contribution in [0.1, 0.15) is 12.1 Å². The Balaban J connectivity index is 1.67. The maximum absolute atomic E-state index is 14.7. The van der Waals surface area contributed by atoms with E-state index in [2.05, 4.69) is 37.3 Å². The number of hydrogen-bond acceptors (Lipinski definition) is 7. The second-order valence-corrected chi connectivity index (χ2v) is 8.47. The van der Waals surface area contributed by atoms with Crippen molar-refractivity contribution in [2.75, 3.05) is 50.9 Å². The number of nitrogen functional groups attached to an aromatic ring is 1. The van der Waals surface area contributed by atoms with Gasteiger partial charge in [0.2, 0.25) is 6.41 Å². The molecule has 188 valence electrons. The molecule has 0 unspecified atom stereocenters. The van der Waals surface area contributed by atoms with E-state index in [9.17, 15) is 13.6 Å². The molecule has 0 radical (unpaired) electrons. The first-order chi connectivity index (χ1) is 17.4. The van der Waals surface area contributed by atoms with Crippen molar-refractivity contribution >= 4 is 23.8 Å². The van der Waals surface area contributed by atoms with Crippen LogP contribution in [0.3, 0.4) is 0 Å². The minimum Gasteiger partial charge on any atom is -0.382 e. The highest BCUT2D eigenvalue weighted by Gasteiger charge is 2.24. The fraction of sp³-hybridized carbons (Fsp3) is 0.280. The van der Waals surface area contributed by atoms with E-state index in [1.165, 1.54) is 36.4 Å². The number of piperazine rings is 1. The normalized spacial score (nSPS) is 17.1. The summed E-state index contributed by atoms with van der Waals surface area (Å²) in [5.41, 5.74) is 10.7. The van der Waals surface area contributed by atoms with E-state index >= 15 is 0 Å². The number of aromatic nitrogens is 2. The first-order valence-electron chi connectivity index (χ1n) is 11.5. The van der Waals surface area contributed by atoms with Crippen LogP contribution < -0.4 is 16.1 Å². The largest absolute Gasteiger partial charge is 0.382 e. The summed E-state index contributed by atoms with van der Waals surface area (Å²) in [6.07, 6.45) is 6.16. The summed E-state index contributed by atoms with van der Waals surface area (Å²) in [6, 6.07) is 7.94. The Morgan fingerprint density at radius 1 is 1.19 bits per heavy atom. The van der Waals surface area contributed by atoms with E-state index in [1.54, 1.807) is 0 Å². The van der Waals surface area contributed by atoms with E-state index in [0.717, 1.165) is 37.4 Å². The monoisotopic (exact) mass is 494 g/mol. The van der Waals surface area contributed by atoms with Gasteiger partial charge in [0, 0.05) is 50.9 Å². The zero-order valence-corrected chi connectivity index (χ0v) is 20.2. The molecule has 0 atom stereocenters. The van der Waals surface area contributed by atoms with Crippen LogP contribution in [-0.4, -0.2) is 72.3 Å². The molecule has 1 fully saturated rings.